The number of aliphatic hydroxyl groups excluding tert-OH is 2. The molecule has 2 amide bonds. The van der Waals surface area contributed by atoms with Gasteiger partial charge in [-0.05, 0) is 35.9 Å². The molecule has 1 aliphatic heterocycles. The van der Waals surface area contributed by atoms with Crippen LogP contribution in [0.4, 0.5) is 0 Å². The summed E-state index contributed by atoms with van der Waals surface area (Å²) in [5.74, 6) is -1.07. The molecule has 38 heavy (non-hydrogen) atoms. The van der Waals surface area contributed by atoms with E-state index in [0.717, 1.165) is 5.56 Å². The highest BCUT2D eigenvalue weighted by Crippen LogP contribution is 2.51. The van der Waals surface area contributed by atoms with Crippen molar-refractivity contribution in [3.05, 3.63) is 69.8 Å². The van der Waals surface area contributed by atoms with Crippen molar-refractivity contribution in [2.24, 2.45) is 0 Å². The Balaban J connectivity index is 1.81. The number of nitrogens with zero attached hydrogens (tertiary/aromatic N) is 1. The lowest BCUT2D eigenvalue weighted by Crippen LogP contribution is -2.56. The van der Waals surface area contributed by atoms with Crippen LogP contribution in [-0.4, -0.2) is 85.4 Å². The van der Waals surface area contributed by atoms with E-state index < -0.39 is 36.0 Å². The van der Waals surface area contributed by atoms with Gasteiger partial charge < -0.3 is 34.6 Å². The van der Waals surface area contributed by atoms with Crippen molar-refractivity contribution in [3.63, 3.8) is 0 Å². The Bertz CT molecular complexity index is 1230. The number of nitrogens with one attached hydrogen (secondary N) is 1. The minimum absolute atomic E-state index is 0.00326. The Labute approximate surface area is 224 Å². The fourth-order valence-electron chi connectivity index (χ4n) is 4.91. The number of halogens is 1. The van der Waals surface area contributed by atoms with Crippen LogP contribution in [-0.2, 0) is 20.9 Å². The van der Waals surface area contributed by atoms with E-state index in [1.807, 2.05) is 0 Å². The summed E-state index contributed by atoms with van der Waals surface area (Å²) in [7, 11) is 2.82. The van der Waals surface area contributed by atoms with Crippen LogP contribution in [0.5, 0.6) is 11.5 Å². The van der Waals surface area contributed by atoms with Crippen LogP contribution in [0.25, 0.3) is 0 Å². The molecule has 0 bridgehead atoms. The third kappa shape index (κ3) is 5.39. The summed E-state index contributed by atoms with van der Waals surface area (Å²) in [6.45, 7) is -0.415. The van der Waals surface area contributed by atoms with Gasteiger partial charge in [-0.15, -0.1) is 0 Å². The molecule has 1 heterocycles. The van der Waals surface area contributed by atoms with Crippen LogP contribution < -0.4 is 14.8 Å². The van der Waals surface area contributed by atoms with Gasteiger partial charge >= 0.3 is 0 Å². The molecule has 2 aliphatic rings. The van der Waals surface area contributed by atoms with Gasteiger partial charge in [0.15, 0.2) is 11.5 Å². The number of carbonyl (C=O) groups is 3. The highest BCUT2D eigenvalue weighted by atomic mass is 35.5. The van der Waals surface area contributed by atoms with Crippen LogP contribution in [0.1, 0.15) is 27.4 Å². The van der Waals surface area contributed by atoms with Gasteiger partial charge in [-0.1, -0.05) is 23.7 Å². The molecule has 3 N–H and O–H groups in total. The average Bonchev–Trinajstić information content (AvgIpc) is 3.31. The van der Waals surface area contributed by atoms with E-state index >= 15 is 0 Å². The number of methoxy groups -OCH3 is 2. The minimum atomic E-state index is -1.25. The smallest absolute Gasteiger partial charge is 0.249 e. The van der Waals surface area contributed by atoms with E-state index in [2.05, 4.69) is 5.32 Å². The quantitative estimate of drug-likeness (QED) is 0.383. The number of fused-ring (bicyclic) bond motifs is 3. The van der Waals surface area contributed by atoms with Gasteiger partial charge in [-0.2, -0.15) is 0 Å². The van der Waals surface area contributed by atoms with Crippen molar-refractivity contribution < 1.29 is 38.8 Å². The lowest BCUT2D eigenvalue weighted by atomic mass is 9.77. The molecule has 10 nitrogen and oxygen atoms in total. The number of benzene rings is 2. The Morgan fingerprint density at radius 3 is 2.58 bits per heavy atom. The summed E-state index contributed by atoms with van der Waals surface area (Å²) in [6.07, 6.45) is -0.0152. The zero-order valence-corrected chi connectivity index (χ0v) is 21.7. The summed E-state index contributed by atoms with van der Waals surface area (Å²) in [5.41, 5.74) is 1.80. The van der Waals surface area contributed by atoms with Crippen LogP contribution >= 0.6 is 11.6 Å². The van der Waals surface area contributed by atoms with Crippen LogP contribution in [0, 0.1) is 0 Å². The number of carbonyl (C=O) groups excluding carboxylic acids is 3. The van der Waals surface area contributed by atoms with E-state index in [0.29, 0.717) is 28.2 Å². The Morgan fingerprint density at radius 1 is 1.21 bits per heavy atom. The highest BCUT2D eigenvalue weighted by Gasteiger charge is 2.51. The second kappa shape index (κ2) is 12.0. The number of amides is 2. The molecular weight excluding hydrogens is 516 g/mol. The lowest BCUT2D eigenvalue weighted by molar-refractivity contribution is -0.141. The lowest BCUT2D eigenvalue weighted by Gasteiger charge is -2.40. The summed E-state index contributed by atoms with van der Waals surface area (Å²) in [6, 6.07) is 9.06. The van der Waals surface area contributed by atoms with Gasteiger partial charge in [0, 0.05) is 41.9 Å². The summed E-state index contributed by atoms with van der Waals surface area (Å²) < 4.78 is 16.7. The van der Waals surface area contributed by atoms with Gasteiger partial charge in [-0.25, -0.2) is 0 Å². The van der Waals surface area contributed by atoms with E-state index in [-0.39, 0.29) is 37.6 Å². The second-order valence-corrected chi connectivity index (χ2v) is 9.42. The van der Waals surface area contributed by atoms with E-state index in [9.17, 15) is 24.6 Å². The molecule has 0 fully saturated rings. The minimum Gasteiger partial charge on any atom is -0.493 e. The van der Waals surface area contributed by atoms with Crippen LogP contribution in [0.3, 0.4) is 0 Å². The van der Waals surface area contributed by atoms with Crippen molar-refractivity contribution in [2.45, 2.75) is 30.7 Å². The highest BCUT2D eigenvalue weighted by molar-refractivity contribution is 6.30. The van der Waals surface area contributed by atoms with Crippen molar-refractivity contribution in [1.29, 1.82) is 0 Å². The first-order valence-corrected chi connectivity index (χ1v) is 12.4. The number of aliphatic hydroxyl groups is 2. The zero-order chi connectivity index (χ0) is 27.4. The average molecular weight is 545 g/mol. The topological polar surface area (TPSA) is 135 Å². The molecule has 2 aromatic carbocycles. The molecule has 0 saturated heterocycles. The van der Waals surface area contributed by atoms with Crippen molar-refractivity contribution in [3.8, 4) is 11.5 Å². The molecule has 4 atom stereocenters. The SMILES string of the molecule is COCC(=O)N(Cc1ccc(Cl)cc1)C1C=C(C(=O)NCCO)C2c3cc(C=O)cc(OC)c3OC2C1O. The Kier molecular flexibility index (Phi) is 8.68. The first-order valence-electron chi connectivity index (χ1n) is 12.0. The van der Waals surface area contributed by atoms with Gasteiger partial charge in [-0.3, -0.25) is 14.4 Å². The molecule has 0 saturated carbocycles. The maximum Gasteiger partial charge on any atom is 0.249 e. The predicted molar refractivity (Wildman–Crippen MR) is 137 cm³/mol. The van der Waals surface area contributed by atoms with E-state index in [1.54, 1.807) is 36.4 Å². The van der Waals surface area contributed by atoms with Crippen molar-refractivity contribution >= 4 is 29.7 Å². The molecule has 11 heteroatoms. The summed E-state index contributed by atoms with van der Waals surface area (Å²) in [5, 5.41) is 24.0. The number of aldehydes is 1. The molecule has 0 spiro atoms. The third-order valence-corrected chi connectivity index (χ3v) is 6.88. The molecule has 4 unspecified atom stereocenters. The first kappa shape index (κ1) is 27.6. The molecule has 0 aromatic heterocycles. The standard InChI is InChI=1S/C27H29ClN2O8/c1-36-14-22(33)30(12-15-3-5-17(28)6-4-15)20-11-19(27(35)29-7-8-31)23-18-9-16(13-32)10-21(37-2)25(18)38-26(23)24(20)34/h3-6,9-11,13,20,23-24,26,31,34H,7-8,12,14H2,1-2H3,(H,29,35). The largest absolute Gasteiger partial charge is 0.493 e. The van der Waals surface area contributed by atoms with Crippen LogP contribution in [0.15, 0.2) is 48.0 Å². The molecule has 4 rings (SSSR count). The molecule has 2 aromatic rings. The Morgan fingerprint density at radius 2 is 1.95 bits per heavy atom. The van der Waals surface area contributed by atoms with E-state index in [1.165, 1.54) is 25.2 Å². The second-order valence-electron chi connectivity index (χ2n) is 8.98. The Hall–Kier alpha value is -3.44. The number of hydrogen-bond donors (Lipinski definition) is 3. The summed E-state index contributed by atoms with van der Waals surface area (Å²) in [4.78, 5) is 39.5. The molecule has 1 aliphatic carbocycles. The normalized spacial score (nSPS) is 21.4. The van der Waals surface area contributed by atoms with Gasteiger partial charge in [0.05, 0.1) is 25.7 Å². The predicted octanol–water partition coefficient (Wildman–Crippen LogP) is 1.46. The van der Waals surface area contributed by atoms with Gasteiger partial charge in [0.25, 0.3) is 0 Å². The fourth-order valence-corrected chi connectivity index (χ4v) is 5.04. The van der Waals surface area contributed by atoms with Gasteiger partial charge in [0.1, 0.15) is 25.1 Å². The van der Waals surface area contributed by atoms with Crippen molar-refractivity contribution in [1.82, 2.24) is 10.2 Å². The van der Waals surface area contributed by atoms with Gasteiger partial charge in [0.2, 0.25) is 11.8 Å². The first-order chi connectivity index (χ1) is 18.3. The third-order valence-electron chi connectivity index (χ3n) is 6.63. The molecule has 0 radical (unpaired) electrons. The van der Waals surface area contributed by atoms with Crippen molar-refractivity contribution in [2.75, 3.05) is 34.0 Å². The summed E-state index contributed by atoms with van der Waals surface area (Å²) >= 11 is 6.02. The molecular formula is C27H29ClN2O8. The van der Waals surface area contributed by atoms with E-state index in [4.69, 9.17) is 25.8 Å². The molecule has 202 valence electrons. The number of rotatable bonds is 10. The fraction of sp³-hybridized carbons (Fsp3) is 0.370. The van der Waals surface area contributed by atoms with Crippen LogP contribution in [0.2, 0.25) is 5.02 Å². The maximum absolute atomic E-state index is 13.3. The number of hydrogen-bond acceptors (Lipinski definition) is 8. The zero-order valence-electron chi connectivity index (χ0n) is 20.9. The maximum atomic E-state index is 13.3. The number of ether oxygens (including phenoxy) is 3. The monoisotopic (exact) mass is 544 g/mol.